The van der Waals surface area contributed by atoms with Crippen molar-refractivity contribution < 1.29 is 4.57 Å². The summed E-state index contributed by atoms with van der Waals surface area (Å²) in [7, 11) is 0. The first-order valence-corrected chi connectivity index (χ1v) is 22.7. The maximum Gasteiger partial charge on any atom is 0.255 e. The van der Waals surface area contributed by atoms with E-state index in [4.69, 9.17) is 0 Å². The lowest BCUT2D eigenvalue weighted by atomic mass is 9.78. The Labute approximate surface area is 332 Å². The molecule has 2 heteroatoms. The molecule has 0 saturated heterocycles. The molecule has 5 aromatic rings. The Bertz CT molecular complexity index is 1900. The van der Waals surface area contributed by atoms with Crippen LogP contribution in [0.15, 0.2) is 91.3 Å². The van der Waals surface area contributed by atoms with Gasteiger partial charge in [0.05, 0.1) is 0 Å². The van der Waals surface area contributed by atoms with E-state index in [0.29, 0.717) is 23.7 Å². The molecule has 4 fully saturated rings. The third-order valence-electron chi connectivity index (χ3n) is 14.5. The lowest BCUT2D eigenvalue weighted by molar-refractivity contribution is -0.584. The fraction of sp³-hybridized carbons (Fsp3) is 0.491. The van der Waals surface area contributed by atoms with Gasteiger partial charge in [-0.3, -0.25) is 0 Å². The van der Waals surface area contributed by atoms with E-state index < -0.39 is 0 Å². The highest BCUT2D eigenvalue weighted by Crippen LogP contribution is 2.45. The van der Waals surface area contributed by atoms with E-state index in [-0.39, 0.29) is 0 Å². The van der Waals surface area contributed by atoms with Crippen LogP contribution in [-0.4, -0.2) is 4.57 Å². The molecule has 0 N–H and O–H groups in total. The molecule has 2 nitrogen and oxygen atoms in total. The van der Waals surface area contributed by atoms with Crippen LogP contribution in [0.2, 0.25) is 0 Å². The van der Waals surface area contributed by atoms with Gasteiger partial charge in [-0.2, -0.15) is 9.13 Å². The van der Waals surface area contributed by atoms with E-state index in [1.807, 2.05) is 0 Å². The number of imidazole rings is 1. The van der Waals surface area contributed by atoms with Crippen LogP contribution < -0.4 is 4.57 Å². The fourth-order valence-electron chi connectivity index (χ4n) is 11.7. The topological polar surface area (TPSA) is 8.81 Å². The maximum atomic E-state index is 2.72. The van der Waals surface area contributed by atoms with Gasteiger partial charge < -0.3 is 0 Å². The molecule has 1 heterocycles. The van der Waals surface area contributed by atoms with Crippen molar-refractivity contribution in [2.75, 3.05) is 0 Å². The summed E-state index contributed by atoms with van der Waals surface area (Å²) < 4.78 is 5.36. The second-order valence-electron chi connectivity index (χ2n) is 18.2. The number of hydrogen-bond donors (Lipinski definition) is 0. The summed E-state index contributed by atoms with van der Waals surface area (Å²) in [6, 6.07) is 33.4. The van der Waals surface area contributed by atoms with Gasteiger partial charge in [0, 0.05) is 22.3 Å². The molecule has 4 aliphatic carbocycles. The SMILES string of the molecule is Cc1cc(C2CCCCC2)cc(C2CCCCC2)c1-n1c[n+](-c2c(C)cc(C3CCCCC3)cc2C2CCCCC2)c(-c2ccccc2)c1-c1ccccc1. The fourth-order valence-corrected chi connectivity index (χ4v) is 11.7. The number of aryl methyl sites for hydroxylation is 2. The lowest BCUT2D eigenvalue weighted by Gasteiger charge is -2.28. The minimum Gasteiger partial charge on any atom is -0.193 e. The van der Waals surface area contributed by atoms with Gasteiger partial charge in [-0.25, -0.2) is 0 Å². The van der Waals surface area contributed by atoms with E-state index in [1.165, 1.54) is 173 Å². The highest BCUT2D eigenvalue weighted by Gasteiger charge is 2.36. The number of rotatable bonds is 8. The predicted molar refractivity (Wildman–Crippen MR) is 231 cm³/mol. The van der Waals surface area contributed by atoms with Crippen LogP contribution in [0.25, 0.3) is 33.9 Å². The molecule has 0 spiro atoms. The second-order valence-corrected chi connectivity index (χ2v) is 18.2. The van der Waals surface area contributed by atoms with Crippen molar-refractivity contribution in [3.8, 4) is 33.9 Å². The van der Waals surface area contributed by atoms with Gasteiger partial charge in [0.15, 0.2) is 11.4 Å². The van der Waals surface area contributed by atoms with Crippen LogP contribution in [0, 0.1) is 13.8 Å². The van der Waals surface area contributed by atoms with Crippen LogP contribution >= 0.6 is 0 Å². The van der Waals surface area contributed by atoms with Crippen molar-refractivity contribution in [1.82, 2.24) is 4.57 Å². The molecule has 0 unspecified atom stereocenters. The van der Waals surface area contributed by atoms with E-state index >= 15 is 0 Å². The zero-order valence-corrected chi connectivity index (χ0v) is 34.0. The molecule has 0 radical (unpaired) electrons. The molecule has 9 rings (SSSR count). The summed E-state index contributed by atoms with van der Waals surface area (Å²) in [5.74, 6) is 2.63. The average Bonchev–Trinajstić information content (AvgIpc) is 3.64. The Morgan fingerprint density at radius 1 is 0.455 bits per heavy atom. The summed E-state index contributed by atoms with van der Waals surface area (Å²) in [5.41, 5.74) is 17.4. The summed E-state index contributed by atoms with van der Waals surface area (Å²) in [6.45, 7) is 4.87. The van der Waals surface area contributed by atoms with Gasteiger partial charge in [-0.1, -0.05) is 162 Å². The van der Waals surface area contributed by atoms with Crippen molar-refractivity contribution in [2.24, 2.45) is 0 Å². The first-order chi connectivity index (χ1) is 27.1. The van der Waals surface area contributed by atoms with E-state index in [9.17, 15) is 0 Å². The molecule has 286 valence electrons. The van der Waals surface area contributed by atoms with E-state index in [0.717, 1.165) is 0 Å². The number of nitrogens with zero attached hydrogens (tertiary/aromatic N) is 2. The maximum absolute atomic E-state index is 2.72. The molecule has 4 aromatic carbocycles. The van der Waals surface area contributed by atoms with Crippen LogP contribution in [-0.2, 0) is 0 Å². The minimum atomic E-state index is 0.611. The zero-order chi connectivity index (χ0) is 37.1. The zero-order valence-electron chi connectivity index (χ0n) is 34.0. The molecule has 4 aliphatic rings. The molecule has 55 heavy (non-hydrogen) atoms. The first-order valence-electron chi connectivity index (χ1n) is 22.7. The molecular formula is C53H65N2+. The summed E-state index contributed by atoms with van der Waals surface area (Å²) in [4.78, 5) is 0. The van der Waals surface area contributed by atoms with Crippen molar-refractivity contribution >= 4 is 0 Å². The van der Waals surface area contributed by atoms with Gasteiger partial charge in [0.25, 0.3) is 6.33 Å². The lowest BCUT2D eigenvalue weighted by Crippen LogP contribution is -2.35. The summed E-state index contributed by atoms with van der Waals surface area (Å²) in [6.07, 6.45) is 29.6. The summed E-state index contributed by atoms with van der Waals surface area (Å²) in [5, 5.41) is 0. The molecule has 4 saturated carbocycles. The molecule has 0 bridgehead atoms. The summed E-state index contributed by atoms with van der Waals surface area (Å²) >= 11 is 0. The Hall–Kier alpha value is -3.91. The van der Waals surface area contributed by atoms with Crippen LogP contribution in [0.1, 0.15) is 185 Å². The third-order valence-corrected chi connectivity index (χ3v) is 14.5. The normalized spacial score (nSPS) is 19.5. The predicted octanol–water partition coefficient (Wildman–Crippen LogP) is 14.9. The van der Waals surface area contributed by atoms with Gasteiger partial charge in [0.1, 0.15) is 11.4 Å². The number of aromatic nitrogens is 2. The van der Waals surface area contributed by atoms with Crippen molar-refractivity contribution in [3.05, 3.63) is 125 Å². The Balaban J connectivity index is 1.33. The highest BCUT2D eigenvalue weighted by molar-refractivity contribution is 5.79. The van der Waals surface area contributed by atoms with Crippen molar-refractivity contribution in [3.63, 3.8) is 0 Å². The first kappa shape index (κ1) is 36.7. The molecule has 0 atom stereocenters. The second kappa shape index (κ2) is 16.7. The molecule has 0 aliphatic heterocycles. The number of benzene rings is 4. The van der Waals surface area contributed by atoms with Gasteiger partial charge >= 0.3 is 0 Å². The smallest absolute Gasteiger partial charge is 0.193 e. The molecular weight excluding hydrogens is 665 g/mol. The molecule has 0 amide bonds. The largest absolute Gasteiger partial charge is 0.255 e. The highest BCUT2D eigenvalue weighted by atomic mass is 15.2. The minimum absolute atomic E-state index is 0.611. The van der Waals surface area contributed by atoms with Gasteiger partial charge in [0.2, 0.25) is 0 Å². The van der Waals surface area contributed by atoms with Gasteiger partial charge in [-0.05, 0) is 111 Å². The average molecular weight is 730 g/mol. The monoisotopic (exact) mass is 730 g/mol. The Morgan fingerprint density at radius 3 is 1.42 bits per heavy atom. The Morgan fingerprint density at radius 2 is 0.891 bits per heavy atom. The van der Waals surface area contributed by atoms with Crippen molar-refractivity contribution in [1.29, 1.82) is 0 Å². The van der Waals surface area contributed by atoms with Crippen LogP contribution in [0.5, 0.6) is 0 Å². The molecule has 1 aromatic heterocycles. The standard InChI is InChI=1S/C53H65N2/c1-38-33-46(40-21-9-3-10-22-40)35-48(42-25-13-5-14-26-42)50(38)54-37-55(53(45-31-19-8-20-32-45)52(54)44-29-17-7-18-30-44)51-39(2)34-47(41-23-11-4-12-24-41)36-49(51)43-27-15-6-16-28-43/h7-8,17-20,29-37,40-43H,3-6,9-16,21-28H2,1-2H3/q+1. The quantitative estimate of drug-likeness (QED) is 0.141. The van der Waals surface area contributed by atoms with Crippen molar-refractivity contribution in [2.45, 2.75) is 166 Å². The van der Waals surface area contributed by atoms with Gasteiger partial charge in [-0.15, -0.1) is 0 Å². The van der Waals surface area contributed by atoms with Crippen LogP contribution in [0.4, 0.5) is 0 Å². The third kappa shape index (κ3) is 7.52. The van der Waals surface area contributed by atoms with Crippen LogP contribution in [0.3, 0.4) is 0 Å². The Kier molecular flexibility index (Phi) is 11.1. The number of hydrogen-bond acceptors (Lipinski definition) is 0. The van der Waals surface area contributed by atoms with E-state index in [1.54, 1.807) is 22.3 Å². The van der Waals surface area contributed by atoms with E-state index in [2.05, 4.69) is 114 Å².